The number of hydrogen-bond donors (Lipinski definition) is 2. The molecule has 0 saturated carbocycles. The molecule has 0 radical (unpaired) electrons. The van der Waals surface area contributed by atoms with E-state index in [1.54, 1.807) is 18.2 Å². The average molecular weight is 340 g/mol. The summed E-state index contributed by atoms with van der Waals surface area (Å²) in [5.74, 6) is -1.23. The summed E-state index contributed by atoms with van der Waals surface area (Å²) in [6, 6.07) is 7.79. The zero-order chi connectivity index (χ0) is 17.9. The lowest BCUT2D eigenvalue weighted by atomic mass is 10.1. The van der Waals surface area contributed by atoms with Gasteiger partial charge in [-0.05, 0) is 5.56 Å². The number of aromatic nitrogens is 2. The Morgan fingerprint density at radius 3 is 2.42 bits per heavy atom. The van der Waals surface area contributed by atoms with E-state index in [1.807, 2.05) is 5.10 Å². The second kappa shape index (κ2) is 6.73. The number of amides is 2. The van der Waals surface area contributed by atoms with Crippen molar-refractivity contribution in [3.63, 3.8) is 0 Å². The third-order valence-electron chi connectivity index (χ3n) is 3.29. The fourth-order valence-electron chi connectivity index (χ4n) is 2.02. The van der Waals surface area contributed by atoms with E-state index in [-0.39, 0.29) is 29.4 Å². The number of hydrogen-bond acceptors (Lipinski definition) is 3. The van der Waals surface area contributed by atoms with Crippen LogP contribution in [0.2, 0.25) is 0 Å². The zero-order valence-electron chi connectivity index (χ0n) is 12.9. The normalized spacial score (nSPS) is 11.2. The van der Waals surface area contributed by atoms with E-state index < -0.39 is 17.8 Å². The molecule has 2 aromatic rings. The van der Waals surface area contributed by atoms with Crippen molar-refractivity contribution < 1.29 is 22.8 Å². The van der Waals surface area contributed by atoms with Gasteiger partial charge >= 0.3 is 6.18 Å². The largest absolute Gasteiger partial charge is 0.433 e. The Balaban J connectivity index is 2.36. The Morgan fingerprint density at radius 1 is 1.25 bits per heavy atom. The van der Waals surface area contributed by atoms with Crippen LogP contribution in [-0.2, 0) is 15.8 Å². The highest BCUT2D eigenvalue weighted by Gasteiger charge is 2.38. The van der Waals surface area contributed by atoms with Crippen LogP contribution in [0, 0.1) is 0 Å². The van der Waals surface area contributed by atoms with Crippen molar-refractivity contribution in [2.45, 2.75) is 13.1 Å². The molecule has 0 aliphatic carbocycles. The Hall–Kier alpha value is -2.84. The number of anilines is 1. The van der Waals surface area contributed by atoms with Crippen molar-refractivity contribution in [3.8, 4) is 11.1 Å². The predicted octanol–water partition coefficient (Wildman–Crippen LogP) is 2.51. The van der Waals surface area contributed by atoms with Gasteiger partial charge in [0.05, 0.1) is 12.1 Å². The molecular weight excluding hydrogens is 325 g/mol. The highest BCUT2D eigenvalue weighted by molar-refractivity contribution is 5.97. The van der Waals surface area contributed by atoms with E-state index in [4.69, 9.17) is 0 Å². The van der Waals surface area contributed by atoms with Crippen molar-refractivity contribution >= 4 is 17.6 Å². The summed E-state index contributed by atoms with van der Waals surface area (Å²) in [6.07, 6.45) is -4.66. The van der Waals surface area contributed by atoms with Crippen LogP contribution in [0.15, 0.2) is 30.3 Å². The third-order valence-corrected chi connectivity index (χ3v) is 3.29. The number of nitrogens with one attached hydrogen (secondary N) is 2. The SMILES string of the molecule is CC(=O)N(C)CC(=O)Nc1n[nH]c(C(F)(F)F)c1-c1ccccc1. The number of aromatic amines is 1. The number of H-pyrrole nitrogens is 1. The van der Waals surface area contributed by atoms with Gasteiger partial charge in [-0.1, -0.05) is 30.3 Å². The van der Waals surface area contributed by atoms with Crippen LogP contribution in [0.3, 0.4) is 0 Å². The van der Waals surface area contributed by atoms with E-state index in [0.29, 0.717) is 0 Å². The van der Waals surface area contributed by atoms with Gasteiger partial charge in [-0.25, -0.2) is 0 Å². The van der Waals surface area contributed by atoms with Gasteiger partial charge in [-0.2, -0.15) is 18.3 Å². The van der Waals surface area contributed by atoms with Crippen molar-refractivity contribution in [2.24, 2.45) is 0 Å². The van der Waals surface area contributed by atoms with Crippen LogP contribution in [0.25, 0.3) is 11.1 Å². The van der Waals surface area contributed by atoms with Gasteiger partial charge in [0.25, 0.3) is 0 Å². The lowest BCUT2D eigenvalue weighted by Crippen LogP contribution is -2.33. The summed E-state index contributed by atoms with van der Waals surface area (Å²) < 4.78 is 39.5. The lowest BCUT2D eigenvalue weighted by Gasteiger charge is -2.14. The maximum absolute atomic E-state index is 13.2. The Morgan fingerprint density at radius 2 is 1.88 bits per heavy atom. The number of carbonyl (C=O) groups excluding carboxylic acids is 2. The first-order valence-corrected chi connectivity index (χ1v) is 6.92. The highest BCUT2D eigenvalue weighted by Crippen LogP contribution is 2.39. The maximum Gasteiger partial charge on any atom is 0.433 e. The molecule has 0 aliphatic rings. The molecule has 2 amide bonds. The van der Waals surface area contributed by atoms with Gasteiger partial charge in [0.1, 0.15) is 5.69 Å². The standard InChI is InChI=1S/C15H15F3N4O2/c1-9(23)22(2)8-11(24)19-14-12(10-6-4-3-5-7-10)13(20-21-14)15(16,17)18/h3-7H,8H2,1-2H3,(H2,19,20,21,24). The van der Waals surface area contributed by atoms with Crippen LogP contribution in [0.4, 0.5) is 19.0 Å². The molecular formula is C15H15F3N4O2. The molecule has 0 saturated heterocycles. The highest BCUT2D eigenvalue weighted by atomic mass is 19.4. The molecule has 1 aromatic heterocycles. The number of carbonyl (C=O) groups is 2. The summed E-state index contributed by atoms with van der Waals surface area (Å²) in [7, 11) is 1.41. The molecule has 0 spiro atoms. The van der Waals surface area contributed by atoms with Crippen molar-refractivity contribution in [2.75, 3.05) is 18.9 Å². The minimum Gasteiger partial charge on any atom is -0.337 e. The molecule has 2 N–H and O–H groups in total. The summed E-state index contributed by atoms with van der Waals surface area (Å²) >= 11 is 0. The number of rotatable bonds is 4. The second-order valence-corrected chi connectivity index (χ2v) is 5.11. The van der Waals surface area contributed by atoms with E-state index >= 15 is 0 Å². The van der Waals surface area contributed by atoms with Crippen molar-refractivity contribution in [1.82, 2.24) is 15.1 Å². The van der Waals surface area contributed by atoms with Gasteiger partial charge in [0.15, 0.2) is 5.82 Å². The average Bonchev–Trinajstić information content (AvgIpc) is 2.91. The van der Waals surface area contributed by atoms with E-state index in [9.17, 15) is 22.8 Å². The van der Waals surface area contributed by atoms with Crippen molar-refractivity contribution in [3.05, 3.63) is 36.0 Å². The third kappa shape index (κ3) is 3.92. The molecule has 0 bridgehead atoms. The molecule has 6 nitrogen and oxygen atoms in total. The second-order valence-electron chi connectivity index (χ2n) is 5.11. The van der Waals surface area contributed by atoms with Gasteiger partial charge in [-0.15, -0.1) is 0 Å². The van der Waals surface area contributed by atoms with Crippen LogP contribution in [0.1, 0.15) is 12.6 Å². The number of alkyl halides is 3. The van der Waals surface area contributed by atoms with Crippen LogP contribution in [0.5, 0.6) is 0 Å². The first-order valence-electron chi connectivity index (χ1n) is 6.92. The van der Waals surface area contributed by atoms with E-state index in [1.165, 1.54) is 26.1 Å². The topological polar surface area (TPSA) is 78.1 Å². The Labute approximate surface area is 135 Å². The summed E-state index contributed by atoms with van der Waals surface area (Å²) in [4.78, 5) is 24.2. The molecule has 0 atom stereocenters. The molecule has 128 valence electrons. The zero-order valence-corrected chi connectivity index (χ0v) is 12.9. The monoisotopic (exact) mass is 340 g/mol. The minimum atomic E-state index is -4.66. The minimum absolute atomic E-state index is 0.240. The summed E-state index contributed by atoms with van der Waals surface area (Å²) in [6.45, 7) is 0.983. The molecule has 0 unspecified atom stereocenters. The van der Waals surface area contributed by atoms with Crippen LogP contribution in [-0.4, -0.2) is 40.5 Å². The first-order chi connectivity index (χ1) is 11.2. The van der Waals surface area contributed by atoms with Crippen molar-refractivity contribution in [1.29, 1.82) is 0 Å². The fraction of sp³-hybridized carbons (Fsp3) is 0.267. The first kappa shape index (κ1) is 17.5. The number of nitrogens with zero attached hydrogens (tertiary/aromatic N) is 2. The predicted molar refractivity (Wildman–Crippen MR) is 81.0 cm³/mol. The fourth-order valence-corrected chi connectivity index (χ4v) is 2.02. The molecule has 1 aromatic carbocycles. The van der Waals surface area contributed by atoms with E-state index in [0.717, 1.165) is 4.90 Å². The Bertz CT molecular complexity index is 741. The lowest BCUT2D eigenvalue weighted by molar-refractivity contribution is -0.140. The van der Waals surface area contributed by atoms with Gasteiger partial charge in [0.2, 0.25) is 11.8 Å². The molecule has 1 heterocycles. The Kier molecular flexibility index (Phi) is 4.91. The molecule has 9 heteroatoms. The number of likely N-dealkylation sites (N-methyl/N-ethyl adjacent to an activating group) is 1. The molecule has 24 heavy (non-hydrogen) atoms. The van der Waals surface area contributed by atoms with Gasteiger partial charge in [0, 0.05) is 14.0 Å². The van der Waals surface area contributed by atoms with Gasteiger partial charge in [-0.3, -0.25) is 14.7 Å². The van der Waals surface area contributed by atoms with Crippen LogP contribution >= 0.6 is 0 Å². The van der Waals surface area contributed by atoms with E-state index in [2.05, 4.69) is 10.4 Å². The molecule has 2 rings (SSSR count). The molecule has 0 fully saturated rings. The number of benzene rings is 1. The summed E-state index contributed by atoms with van der Waals surface area (Å²) in [5.41, 5.74) is -1.04. The maximum atomic E-state index is 13.2. The van der Waals surface area contributed by atoms with Gasteiger partial charge < -0.3 is 10.2 Å². The van der Waals surface area contributed by atoms with Crippen LogP contribution < -0.4 is 5.32 Å². The number of halogens is 3. The molecule has 0 aliphatic heterocycles. The summed E-state index contributed by atoms with van der Waals surface area (Å²) in [5, 5.41) is 7.81. The smallest absolute Gasteiger partial charge is 0.337 e. The quantitative estimate of drug-likeness (QED) is 0.898.